The molecule has 1 N–H and O–H groups in total. The number of carboxylic acids is 1. The van der Waals surface area contributed by atoms with Gasteiger partial charge in [0.1, 0.15) is 5.01 Å². The second-order valence-electron chi connectivity index (χ2n) is 5.81. The third kappa shape index (κ3) is 3.30. The summed E-state index contributed by atoms with van der Waals surface area (Å²) in [7, 11) is 0. The van der Waals surface area contributed by atoms with E-state index in [1.165, 1.54) is 11.3 Å². The Morgan fingerprint density at radius 2 is 2.23 bits per heavy atom. The molecule has 120 valence electrons. The first-order valence-electron chi connectivity index (χ1n) is 7.75. The van der Waals surface area contributed by atoms with Crippen molar-refractivity contribution in [1.29, 1.82) is 0 Å². The number of thiazole rings is 1. The van der Waals surface area contributed by atoms with Crippen molar-refractivity contribution < 1.29 is 19.4 Å². The molecule has 2 atom stereocenters. The highest BCUT2D eigenvalue weighted by atomic mass is 32.1. The number of aromatic carboxylic acids is 1. The quantitative estimate of drug-likeness (QED) is 0.920. The lowest BCUT2D eigenvalue weighted by molar-refractivity contribution is -0.136. The molecule has 0 aromatic carbocycles. The predicted molar refractivity (Wildman–Crippen MR) is 81.0 cm³/mol. The second-order valence-corrected chi connectivity index (χ2v) is 6.70. The number of amides is 1. The molecule has 7 heteroatoms. The van der Waals surface area contributed by atoms with Crippen LogP contribution in [0.4, 0.5) is 0 Å². The largest absolute Gasteiger partial charge is 0.476 e. The number of ether oxygens (including phenoxy) is 1. The maximum absolute atomic E-state index is 12.5. The zero-order valence-electron chi connectivity index (χ0n) is 12.4. The molecule has 0 saturated carbocycles. The summed E-state index contributed by atoms with van der Waals surface area (Å²) in [6.45, 7) is 1.47. The Balaban J connectivity index is 1.66. The van der Waals surface area contributed by atoms with Gasteiger partial charge in [-0.25, -0.2) is 9.78 Å². The van der Waals surface area contributed by atoms with Crippen molar-refractivity contribution in [3.05, 3.63) is 16.1 Å². The van der Waals surface area contributed by atoms with E-state index in [1.54, 1.807) is 5.38 Å². The zero-order valence-corrected chi connectivity index (χ0v) is 13.2. The summed E-state index contributed by atoms with van der Waals surface area (Å²) in [5.74, 6) is -0.921. The van der Waals surface area contributed by atoms with Crippen LogP contribution in [0.5, 0.6) is 0 Å². The van der Waals surface area contributed by atoms with Gasteiger partial charge in [-0.15, -0.1) is 11.3 Å². The molecule has 0 bridgehead atoms. The van der Waals surface area contributed by atoms with E-state index in [1.807, 2.05) is 4.90 Å². The molecule has 0 radical (unpaired) electrons. The molecule has 1 aromatic heterocycles. The number of aromatic nitrogens is 1. The highest BCUT2D eigenvalue weighted by Crippen LogP contribution is 2.34. The molecule has 2 unspecified atom stereocenters. The van der Waals surface area contributed by atoms with E-state index >= 15 is 0 Å². The van der Waals surface area contributed by atoms with E-state index in [-0.39, 0.29) is 23.7 Å². The van der Waals surface area contributed by atoms with Gasteiger partial charge in [0.25, 0.3) is 0 Å². The van der Waals surface area contributed by atoms with Crippen molar-refractivity contribution in [2.24, 2.45) is 0 Å². The Labute approximate surface area is 133 Å². The maximum Gasteiger partial charge on any atom is 0.355 e. The van der Waals surface area contributed by atoms with E-state index in [4.69, 9.17) is 9.84 Å². The number of carboxylic acid groups (broad SMARTS) is 1. The summed E-state index contributed by atoms with van der Waals surface area (Å²) in [4.78, 5) is 29.5. The van der Waals surface area contributed by atoms with Crippen molar-refractivity contribution in [3.8, 4) is 0 Å². The summed E-state index contributed by atoms with van der Waals surface area (Å²) < 4.78 is 5.65. The van der Waals surface area contributed by atoms with Crippen LogP contribution in [-0.4, -0.2) is 46.1 Å². The maximum atomic E-state index is 12.5. The van der Waals surface area contributed by atoms with Crippen LogP contribution in [0, 0.1) is 0 Å². The molecule has 2 aliphatic heterocycles. The average Bonchev–Trinajstić information content (AvgIpc) is 3.17. The highest BCUT2D eigenvalue weighted by molar-refractivity contribution is 7.09. The molecule has 1 aromatic rings. The third-order valence-corrected chi connectivity index (χ3v) is 5.22. The second kappa shape index (κ2) is 6.75. The molecular formula is C15H20N2O4S. The molecule has 2 saturated heterocycles. The van der Waals surface area contributed by atoms with E-state index in [9.17, 15) is 9.59 Å². The van der Waals surface area contributed by atoms with Crippen molar-refractivity contribution in [3.63, 3.8) is 0 Å². The van der Waals surface area contributed by atoms with Gasteiger partial charge in [-0.3, -0.25) is 4.79 Å². The van der Waals surface area contributed by atoms with Crippen molar-refractivity contribution in [2.75, 3.05) is 13.2 Å². The summed E-state index contributed by atoms with van der Waals surface area (Å²) in [5, 5.41) is 11.3. The van der Waals surface area contributed by atoms with Gasteiger partial charge in [0, 0.05) is 18.5 Å². The topological polar surface area (TPSA) is 79.7 Å². The fourth-order valence-corrected chi connectivity index (χ4v) is 4.08. The molecule has 3 rings (SSSR count). The molecular weight excluding hydrogens is 304 g/mol. The van der Waals surface area contributed by atoms with Crippen LogP contribution < -0.4 is 0 Å². The summed E-state index contributed by atoms with van der Waals surface area (Å²) in [5.41, 5.74) is 0.0647. The van der Waals surface area contributed by atoms with E-state index < -0.39 is 5.97 Å². The minimum Gasteiger partial charge on any atom is -0.476 e. The predicted octanol–water partition coefficient (Wildman–Crippen LogP) is 2.46. The smallest absolute Gasteiger partial charge is 0.355 e. The van der Waals surface area contributed by atoms with Gasteiger partial charge < -0.3 is 14.7 Å². The van der Waals surface area contributed by atoms with E-state index in [0.29, 0.717) is 6.42 Å². The van der Waals surface area contributed by atoms with Crippen molar-refractivity contribution in [1.82, 2.24) is 9.88 Å². The number of carbonyl (C=O) groups is 2. The van der Waals surface area contributed by atoms with Gasteiger partial charge in [-0.05, 0) is 32.1 Å². The molecule has 6 nitrogen and oxygen atoms in total. The monoisotopic (exact) mass is 324 g/mol. The van der Waals surface area contributed by atoms with Gasteiger partial charge in [-0.1, -0.05) is 0 Å². The van der Waals surface area contributed by atoms with Crippen LogP contribution in [0.1, 0.15) is 60.1 Å². The average molecular weight is 324 g/mol. The van der Waals surface area contributed by atoms with E-state index in [2.05, 4.69) is 4.98 Å². The van der Waals surface area contributed by atoms with Crippen LogP contribution in [0.3, 0.4) is 0 Å². The van der Waals surface area contributed by atoms with Crippen LogP contribution >= 0.6 is 11.3 Å². The zero-order chi connectivity index (χ0) is 15.5. The third-order valence-electron chi connectivity index (χ3n) is 4.28. The first-order valence-corrected chi connectivity index (χ1v) is 8.63. The molecule has 0 aliphatic carbocycles. The molecule has 3 heterocycles. The van der Waals surface area contributed by atoms with Gasteiger partial charge in [0.2, 0.25) is 5.91 Å². The number of carbonyl (C=O) groups excluding carboxylic acids is 1. The first-order chi connectivity index (χ1) is 10.6. The van der Waals surface area contributed by atoms with Gasteiger partial charge in [0.15, 0.2) is 5.69 Å². The summed E-state index contributed by atoms with van der Waals surface area (Å²) in [6, 6.07) is -0.0748. The van der Waals surface area contributed by atoms with Gasteiger partial charge in [0.05, 0.1) is 18.6 Å². The molecule has 2 fully saturated rings. The Kier molecular flexibility index (Phi) is 4.73. The molecule has 2 aliphatic rings. The minimum atomic E-state index is -1.02. The number of hydrogen-bond acceptors (Lipinski definition) is 5. The fourth-order valence-electron chi connectivity index (χ4n) is 3.14. The number of hydrogen-bond donors (Lipinski definition) is 1. The van der Waals surface area contributed by atoms with Gasteiger partial charge in [-0.2, -0.15) is 0 Å². The van der Waals surface area contributed by atoms with Crippen molar-refractivity contribution >= 4 is 23.2 Å². The SMILES string of the molecule is O=C(O)c1csc(C2CCCN2C(=O)CC2CCCCO2)n1. The summed E-state index contributed by atoms with van der Waals surface area (Å²) >= 11 is 1.33. The van der Waals surface area contributed by atoms with E-state index in [0.717, 1.165) is 50.3 Å². The van der Waals surface area contributed by atoms with Crippen molar-refractivity contribution in [2.45, 2.75) is 50.7 Å². The minimum absolute atomic E-state index is 0.0355. The fraction of sp³-hybridized carbons (Fsp3) is 0.667. The van der Waals surface area contributed by atoms with Gasteiger partial charge >= 0.3 is 5.97 Å². The Morgan fingerprint density at radius 1 is 1.36 bits per heavy atom. The molecule has 0 spiro atoms. The van der Waals surface area contributed by atoms with Crippen LogP contribution in [-0.2, 0) is 9.53 Å². The van der Waals surface area contributed by atoms with Crippen LogP contribution in [0.25, 0.3) is 0 Å². The number of likely N-dealkylation sites (tertiary alicyclic amines) is 1. The van der Waals surface area contributed by atoms with Crippen LogP contribution in [0.15, 0.2) is 5.38 Å². The molecule has 22 heavy (non-hydrogen) atoms. The highest BCUT2D eigenvalue weighted by Gasteiger charge is 2.33. The number of rotatable bonds is 4. The lowest BCUT2D eigenvalue weighted by atomic mass is 10.1. The Morgan fingerprint density at radius 3 is 2.91 bits per heavy atom. The molecule has 1 amide bonds. The Hall–Kier alpha value is -1.47. The standard InChI is InChI=1S/C15H20N2O4S/c18-13(8-10-4-1-2-7-21-10)17-6-3-5-12(17)14-16-11(9-22-14)15(19)20/h9-10,12H,1-8H2,(H,19,20). The first kappa shape index (κ1) is 15.4. The van der Waals surface area contributed by atoms with Crippen LogP contribution in [0.2, 0.25) is 0 Å². The lowest BCUT2D eigenvalue weighted by Crippen LogP contribution is -2.34. The summed E-state index contributed by atoms with van der Waals surface area (Å²) in [6.07, 6.45) is 5.39. The lowest BCUT2D eigenvalue weighted by Gasteiger charge is -2.27. The normalized spacial score (nSPS) is 25.4. The number of nitrogens with zero attached hydrogens (tertiary/aromatic N) is 2. The Bertz CT molecular complexity index is 553.